The summed E-state index contributed by atoms with van der Waals surface area (Å²) in [5.41, 5.74) is -0.0228. The Labute approximate surface area is 141 Å². The minimum atomic E-state index is -3.56. The van der Waals surface area contributed by atoms with Crippen LogP contribution in [0, 0.1) is 0 Å². The monoisotopic (exact) mass is 364 g/mol. The molecule has 0 fully saturated rings. The van der Waals surface area contributed by atoms with Gasteiger partial charge < -0.3 is 4.74 Å². The SMILES string of the molecule is CS(=O)(=O)c1ccccc1C(=O)OCc1cc(=O)n2ccsc2n1. The first-order valence-electron chi connectivity index (χ1n) is 6.78. The first kappa shape index (κ1) is 16.3. The molecule has 2 aromatic heterocycles. The Morgan fingerprint density at radius 3 is 2.83 bits per heavy atom. The number of hydrogen-bond donors (Lipinski definition) is 0. The van der Waals surface area contributed by atoms with Gasteiger partial charge in [-0.15, -0.1) is 11.3 Å². The van der Waals surface area contributed by atoms with Crippen molar-refractivity contribution in [1.82, 2.24) is 9.38 Å². The zero-order valence-corrected chi connectivity index (χ0v) is 14.1. The summed E-state index contributed by atoms with van der Waals surface area (Å²) in [7, 11) is -3.56. The molecule has 3 rings (SSSR count). The molecule has 3 aromatic rings. The predicted molar refractivity (Wildman–Crippen MR) is 88.0 cm³/mol. The van der Waals surface area contributed by atoms with Crippen molar-refractivity contribution in [3.05, 3.63) is 63.5 Å². The van der Waals surface area contributed by atoms with Gasteiger partial charge in [0.25, 0.3) is 5.56 Å². The number of fused-ring (bicyclic) bond motifs is 1. The average Bonchev–Trinajstić information content (AvgIpc) is 3.01. The summed E-state index contributed by atoms with van der Waals surface area (Å²) in [6, 6.07) is 7.07. The Morgan fingerprint density at radius 2 is 2.08 bits per heavy atom. The second-order valence-corrected chi connectivity index (χ2v) is 7.84. The zero-order valence-electron chi connectivity index (χ0n) is 12.5. The molecule has 0 atom stereocenters. The number of hydrogen-bond acceptors (Lipinski definition) is 7. The molecule has 9 heteroatoms. The van der Waals surface area contributed by atoms with Crippen LogP contribution in [0.5, 0.6) is 0 Å². The van der Waals surface area contributed by atoms with Crippen molar-refractivity contribution in [2.45, 2.75) is 11.5 Å². The fourth-order valence-corrected chi connectivity index (χ4v) is 3.75. The maximum Gasteiger partial charge on any atom is 0.339 e. The van der Waals surface area contributed by atoms with Gasteiger partial charge in [0.2, 0.25) is 0 Å². The van der Waals surface area contributed by atoms with Crippen LogP contribution in [0.4, 0.5) is 0 Å². The van der Waals surface area contributed by atoms with E-state index < -0.39 is 15.8 Å². The van der Waals surface area contributed by atoms with Crippen molar-refractivity contribution < 1.29 is 17.9 Å². The van der Waals surface area contributed by atoms with E-state index in [1.807, 2.05) is 0 Å². The lowest BCUT2D eigenvalue weighted by atomic mass is 10.2. The predicted octanol–water partition coefficient (Wildman–Crippen LogP) is 1.52. The van der Waals surface area contributed by atoms with Crippen molar-refractivity contribution in [2.75, 3.05) is 6.26 Å². The molecule has 7 nitrogen and oxygen atoms in total. The fraction of sp³-hybridized carbons (Fsp3) is 0.133. The molecule has 0 aliphatic rings. The van der Waals surface area contributed by atoms with E-state index in [-0.39, 0.29) is 22.6 Å². The summed E-state index contributed by atoms with van der Waals surface area (Å²) in [4.78, 5) is 28.7. The van der Waals surface area contributed by atoms with E-state index in [9.17, 15) is 18.0 Å². The molecule has 1 aromatic carbocycles. The maximum atomic E-state index is 12.2. The van der Waals surface area contributed by atoms with Gasteiger partial charge in [-0.05, 0) is 12.1 Å². The molecule has 0 unspecified atom stereocenters. The van der Waals surface area contributed by atoms with E-state index in [1.165, 1.54) is 40.0 Å². The van der Waals surface area contributed by atoms with Crippen molar-refractivity contribution in [3.63, 3.8) is 0 Å². The summed E-state index contributed by atoms with van der Waals surface area (Å²) < 4.78 is 30.0. The summed E-state index contributed by atoms with van der Waals surface area (Å²) in [5, 5.41) is 1.72. The quantitative estimate of drug-likeness (QED) is 0.652. The van der Waals surface area contributed by atoms with Gasteiger partial charge in [-0.25, -0.2) is 18.2 Å². The number of aromatic nitrogens is 2. The van der Waals surface area contributed by atoms with E-state index in [4.69, 9.17) is 4.74 Å². The molecule has 0 aliphatic carbocycles. The smallest absolute Gasteiger partial charge is 0.339 e. The molecule has 0 spiro atoms. The van der Waals surface area contributed by atoms with Crippen LogP contribution in [0.25, 0.3) is 4.96 Å². The fourth-order valence-electron chi connectivity index (χ4n) is 2.14. The number of thiazole rings is 1. The van der Waals surface area contributed by atoms with Crippen LogP contribution in [-0.4, -0.2) is 30.0 Å². The Hall–Kier alpha value is -2.52. The van der Waals surface area contributed by atoms with E-state index in [1.54, 1.807) is 17.6 Å². The van der Waals surface area contributed by atoms with Crippen molar-refractivity contribution in [3.8, 4) is 0 Å². The molecule has 24 heavy (non-hydrogen) atoms. The van der Waals surface area contributed by atoms with Crippen LogP contribution in [0.15, 0.2) is 51.6 Å². The van der Waals surface area contributed by atoms with Crippen molar-refractivity contribution in [1.29, 1.82) is 0 Å². The molecule has 0 amide bonds. The number of sulfone groups is 1. The van der Waals surface area contributed by atoms with E-state index >= 15 is 0 Å². The lowest BCUT2D eigenvalue weighted by Crippen LogP contribution is -2.15. The summed E-state index contributed by atoms with van der Waals surface area (Å²) in [6.07, 6.45) is 2.62. The minimum Gasteiger partial charge on any atom is -0.456 e. The molecule has 0 aliphatic heterocycles. The van der Waals surface area contributed by atoms with Gasteiger partial charge in [-0.3, -0.25) is 9.20 Å². The van der Waals surface area contributed by atoms with Crippen LogP contribution in [-0.2, 0) is 21.2 Å². The lowest BCUT2D eigenvalue weighted by Gasteiger charge is -2.08. The third-order valence-corrected chi connectivity index (χ3v) is 5.13. The average molecular weight is 364 g/mol. The first-order valence-corrected chi connectivity index (χ1v) is 9.55. The van der Waals surface area contributed by atoms with Gasteiger partial charge in [0.05, 0.1) is 16.2 Å². The third kappa shape index (κ3) is 3.22. The Morgan fingerprint density at radius 1 is 1.33 bits per heavy atom. The molecule has 0 radical (unpaired) electrons. The van der Waals surface area contributed by atoms with Crippen LogP contribution in [0.2, 0.25) is 0 Å². The molecule has 2 heterocycles. The second-order valence-electron chi connectivity index (χ2n) is 4.99. The van der Waals surface area contributed by atoms with Gasteiger partial charge in [-0.2, -0.15) is 0 Å². The Balaban J connectivity index is 1.84. The lowest BCUT2D eigenvalue weighted by molar-refractivity contribution is 0.0463. The number of rotatable bonds is 4. The van der Waals surface area contributed by atoms with Gasteiger partial charge in [0.1, 0.15) is 6.61 Å². The number of esters is 1. The molecular weight excluding hydrogens is 352 g/mol. The number of ether oxygens (including phenoxy) is 1. The van der Waals surface area contributed by atoms with E-state index in [0.717, 1.165) is 6.26 Å². The summed E-state index contributed by atoms with van der Waals surface area (Å²) in [5.74, 6) is -0.788. The normalized spacial score (nSPS) is 11.5. The molecule has 0 bridgehead atoms. The third-order valence-electron chi connectivity index (χ3n) is 3.21. The zero-order chi connectivity index (χ0) is 17.3. The van der Waals surface area contributed by atoms with Gasteiger partial charge in [0.15, 0.2) is 14.8 Å². The van der Waals surface area contributed by atoms with Crippen LogP contribution < -0.4 is 5.56 Å². The first-order chi connectivity index (χ1) is 11.4. The van der Waals surface area contributed by atoms with Crippen LogP contribution in [0.3, 0.4) is 0 Å². The highest BCUT2D eigenvalue weighted by atomic mass is 32.2. The number of carbonyl (C=O) groups is 1. The standard InChI is InChI=1S/C15H12N2O5S2/c1-24(20,21)12-5-3-2-4-11(12)14(19)22-9-10-8-13(18)17-6-7-23-15(17)16-10/h2-8H,9H2,1H3. The highest BCUT2D eigenvalue weighted by molar-refractivity contribution is 7.90. The minimum absolute atomic E-state index is 0.0473. The topological polar surface area (TPSA) is 94.8 Å². The number of benzene rings is 1. The van der Waals surface area contributed by atoms with Gasteiger partial charge in [-0.1, -0.05) is 12.1 Å². The maximum absolute atomic E-state index is 12.2. The highest BCUT2D eigenvalue weighted by Crippen LogP contribution is 2.17. The molecular formula is C15H12N2O5S2. The van der Waals surface area contributed by atoms with E-state index in [2.05, 4.69) is 4.98 Å². The summed E-state index contributed by atoms with van der Waals surface area (Å²) >= 11 is 1.28. The largest absolute Gasteiger partial charge is 0.456 e. The van der Waals surface area contributed by atoms with Crippen LogP contribution in [0.1, 0.15) is 16.1 Å². The van der Waals surface area contributed by atoms with Gasteiger partial charge >= 0.3 is 5.97 Å². The van der Waals surface area contributed by atoms with Crippen molar-refractivity contribution in [2.24, 2.45) is 0 Å². The molecule has 0 N–H and O–H groups in total. The second kappa shape index (κ2) is 6.17. The Kier molecular flexibility index (Phi) is 4.20. The molecule has 0 saturated carbocycles. The van der Waals surface area contributed by atoms with Gasteiger partial charge in [0, 0.05) is 23.9 Å². The number of carbonyl (C=O) groups excluding carboxylic acids is 1. The highest BCUT2D eigenvalue weighted by Gasteiger charge is 2.19. The Bertz CT molecular complexity index is 1080. The van der Waals surface area contributed by atoms with Crippen molar-refractivity contribution >= 4 is 32.1 Å². The molecule has 124 valence electrons. The summed E-state index contributed by atoms with van der Waals surface area (Å²) in [6.45, 7) is -0.222. The molecule has 0 saturated heterocycles. The number of nitrogens with zero attached hydrogens (tertiary/aromatic N) is 2. The van der Waals surface area contributed by atoms with Crippen LogP contribution >= 0.6 is 11.3 Å². The van der Waals surface area contributed by atoms with E-state index in [0.29, 0.717) is 10.7 Å².